The molecule has 9 heavy (non-hydrogen) atoms. The Kier molecular flexibility index (Phi) is 4.98. The van der Waals surface area contributed by atoms with Crippen LogP contribution in [-0.4, -0.2) is 0 Å². The number of hydrogen-bond donors (Lipinski definition) is 0. The molecule has 0 bridgehead atoms. The summed E-state index contributed by atoms with van der Waals surface area (Å²) in [6.07, 6.45) is 0. The number of rotatable bonds is 0. The fourth-order valence-electron chi connectivity index (χ4n) is 0.501. The van der Waals surface area contributed by atoms with Crippen molar-refractivity contribution in [1.29, 1.82) is 0 Å². The Bertz CT molecular complexity index is 165. The topological polar surface area (TPSA) is 0 Å². The minimum atomic E-state index is -0.257. The molecule has 2 heteroatoms. The van der Waals surface area contributed by atoms with Crippen molar-refractivity contribution in [2.24, 2.45) is 0 Å². The van der Waals surface area contributed by atoms with Gasteiger partial charge in [-0.25, -0.2) is 4.39 Å². The van der Waals surface area contributed by atoms with E-state index < -0.39 is 0 Å². The summed E-state index contributed by atoms with van der Waals surface area (Å²) < 4.78 is 12.3. The van der Waals surface area contributed by atoms with Gasteiger partial charge in [0.05, 0.1) is 0 Å². The molecule has 0 spiro atoms. The molecular weight excluding hydrogens is 142 g/mol. The van der Waals surface area contributed by atoms with Crippen molar-refractivity contribution in [3.05, 3.63) is 35.6 Å². The Morgan fingerprint density at radius 1 is 1.56 bits per heavy atom. The van der Waals surface area contributed by atoms with Gasteiger partial charge >= 0.3 is 51.4 Å². The van der Waals surface area contributed by atoms with Gasteiger partial charge in [0.2, 0.25) is 0 Å². The second-order valence-corrected chi connectivity index (χ2v) is 1.67. The summed E-state index contributed by atoms with van der Waals surface area (Å²) in [5, 5.41) is 0. The second-order valence-electron chi connectivity index (χ2n) is 1.67. The largest absolute Gasteiger partial charge is 1.00 e. The van der Waals surface area contributed by atoms with Crippen LogP contribution < -0.4 is 51.4 Å². The molecule has 0 saturated heterocycles. The molecule has 1 rings (SSSR count). The third-order valence-corrected chi connectivity index (χ3v) is 0.999. The first-order valence-electron chi connectivity index (χ1n) is 2.43. The molecule has 0 aliphatic carbocycles. The molecule has 1 aromatic rings. The van der Waals surface area contributed by atoms with E-state index in [0.717, 1.165) is 0 Å². The van der Waals surface area contributed by atoms with E-state index in [2.05, 4.69) is 6.07 Å². The summed E-state index contributed by atoms with van der Waals surface area (Å²) in [4.78, 5) is 0. The first-order valence-corrected chi connectivity index (χ1v) is 2.43. The third kappa shape index (κ3) is 2.91. The van der Waals surface area contributed by atoms with Crippen molar-refractivity contribution >= 4 is 0 Å². The molecule has 0 heterocycles. The Morgan fingerprint density at radius 3 is 2.56 bits per heavy atom. The molecule has 42 valence electrons. The summed E-state index contributed by atoms with van der Waals surface area (Å²) in [5.74, 6) is -0.257. The summed E-state index contributed by atoms with van der Waals surface area (Å²) in [7, 11) is 0. The zero-order chi connectivity index (χ0) is 5.98. The predicted molar refractivity (Wildman–Crippen MR) is 30.0 cm³/mol. The fraction of sp³-hybridized carbons (Fsp3) is 0.143. The monoisotopic (exact) mass is 148 g/mol. The van der Waals surface area contributed by atoms with Gasteiger partial charge in [-0.1, -0.05) is 6.92 Å². The number of halogens is 1. The second kappa shape index (κ2) is 4.58. The maximum absolute atomic E-state index is 12.3. The Labute approximate surface area is 96.9 Å². The zero-order valence-corrected chi connectivity index (χ0v) is 8.73. The molecule has 0 aliphatic rings. The average molecular weight is 148 g/mol. The molecule has 0 aliphatic heterocycles. The van der Waals surface area contributed by atoms with Crippen molar-refractivity contribution in [2.45, 2.75) is 6.92 Å². The predicted octanol–water partition coefficient (Wildman–Crippen LogP) is -1.06. The van der Waals surface area contributed by atoms with Gasteiger partial charge in [0.25, 0.3) is 0 Å². The van der Waals surface area contributed by atoms with Crippen LogP contribution in [0.3, 0.4) is 0 Å². The van der Waals surface area contributed by atoms with Crippen molar-refractivity contribution in [3.8, 4) is 0 Å². The van der Waals surface area contributed by atoms with Crippen LogP contribution >= 0.6 is 0 Å². The molecular formula is C7H6FK. The van der Waals surface area contributed by atoms with Crippen LogP contribution in [0.4, 0.5) is 4.39 Å². The van der Waals surface area contributed by atoms with Crippen molar-refractivity contribution < 1.29 is 55.8 Å². The van der Waals surface area contributed by atoms with E-state index in [4.69, 9.17) is 0 Å². The Hall–Kier alpha value is 0.786. The summed E-state index contributed by atoms with van der Waals surface area (Å²) in [6.45, 7) is 1.71. The molecule has 0 nitrogen and oxygen atoms in total. The van der Waals surface area contributed by atoms with Crippen LogP contribution in [-0.2, 0) is 0 Å². The molecule has 0 fully saturated rings. The van der Waals surface area contributed by atoms with Crippen molar-refractivity contribution in [1.82, 2.24) is 0 Å². The summed E-state index contributed by atoms with van der Waals surface area (Å²) in [5.41, 5.74) is 0.646. The molecule has 0 radical (unpaired) electrons. The summed E-state index contributed by atoms with van der Waals surface area (Å²) in [6, 6.07) is 7.47. The fourth-order valence-corrected chi connectivity index (χ4v) is 0.501. The van der Waals surface area contributed by atoms with Crippen LogP contribution in [0.15, 0.2) is 18.2 Å². The number of benzene rings is 1. The van der Waals surface area contributed by atoms with E-state index in [9.17, 15) is 4.39 Å². The maximum atomic E-state index is 12.3. The third-order valence-electron chi connectivity index (χ3n) is 0.999. The van der Waals surface area contributed by atoms with Gasteiger partial charge < -0.3 is 0 Å². The number of aryl methyl sites for hydroxylation is 1. The van der Waals surface area contributed by atoms with E-state index in [1.165, 1.54) is 0 Å². The van der Waals surface area contributed by atoms with Gasteiger partial charge in [-0.2, -0.15) is 18.2 Å². The first kappa shape index (κ1) is 9.79. The molecule has 0 amide bonds. The van der Waals surface area contributed by atoms with Crippen LogP contribution in [0.25, 0.3) is 0 Å². The van der Waals surface area contributed by atoms with E-state index in [0.29, 0.717) is 5.56 Å². The normalized spacial score (nSPS) is 8.22. The van der Waals surface area contributed by atoms with Crippen molar-refractivity contribution in [3.63, 3.8) is 0 Å². The van der Waals surface area contributed by atoms with Crippen LogP contribution in [0.1, 0.15) is 5.56 Å². The van der Waals surface area contributed by atoms with Gasteiger partial charge in [0, 0.05) is 5.82 Å². The van der Waals surface area contributed by atoms with E-state index >= 15 is 0 Å². The van der Waals surface area contributed by atoms with E-state index in [1.807, 2.05) is 0 Å². The van der Waals surface area contributed by atoms with Gasteiger partial charge in [0.1, 0.15) is 0 Å². The maximum Gasteiger partial charge on any atom is 1.00 e. The number of hydrogen-bond acceptors (Lipinski definition) is 0. The quantitative estimate of drug-likeness (QED) is 0.325. The molecule has 0 N–H and O–H groups in total. The Balaban J connectivity index is 0.000000640. The van der Waals surface area contributed by atoms with Gasteiger partial charge in [-0.3, -0.25) is 0 Å². The van der Waals surface area contributed by atoms with E-state index in [-0.39, 0.29) is 57.2 Å². The van der Waals surface area contributed by atoms with Crippen LogP contribution in [0, 0.1) is 18.8 Å². The average Bonchev–Trinajstić information content (AvgIpc) is 1.77. The van der Waals surface area contributed by atoms with Gasteiger partial charge in [0.15, 0.2) is 0 Å². The summed E-state index contributed by atoms with van der Waals surface area (Å²) >= 11 is 0. The first-order chi connectivity index (χ1) is 3.80. The molecule has 0 aromatic heterocycles. The van der Waals surface area contributed by atoms with Crippen LogP contribution in [0.5, 0.6) is 0 Å². The molecule has 1 aromatic carbocycles. The van der Waals surface area contributed by atoms with E-state index in [1.54, 1.807) is 25.1 Å². The molecule has 0 saturated carbocycles. The minimum Gasteiger partial charge on any atom is -0.236 e. The molecule has 0 unspecified atom stereocenters. The standard InChI is InChI=1S/C7H6F.K/c1-6-4-2-3-5-7(6)8;/h2-4H,1H3;/q-1;+1. The smallest absolute Gasteiger partial charge is 0.236 e. The molecule has 0 atom stereocenters. The van der Waals surface area contributed by atoms with Gasteiger partial charge in [-0.15, -0.1) is 11.6 Å². The Morgan fingerprint density at radius 2 is 2.22 bits per heavy atom. The van der Waals surface area contributed by atoms with Gasteiger partial charge in [-0.05, 0) is 0 Å². The zero-order valence-electron chi connectivity index (χ0n) is 5.61. The van der Waals surface area contributed by atoms with Crippen molar-refractivity contribution in [2.75, 3.05) is 0 Å². The minimum absolute atomic E-state index is 0. The SMILES string of the molecule is Cc1ccc[c-]c1F.[K+]. The van der Waals surface area contributed by atoms with Crippen LogP contribution in [0.2, 0.25) is 0 Å².